The quantitative estimate of drug-likeness (QED) is 0.437. The summed E-state index contributed by atoms with van der Waals surface area (Å²) in [7, 11) is -3.55. The number of hydrogen-bond acceptors (Lipinski definition) is 6. The van der Waals surface area contributed by atoms with Crippen LogP contribution in [0.15, 0.2) is 58.6 Å². The Bertz CT molecular complexity index is 1190. The fraction of sp³-hybridized carbons (Fsp3) is 0.348. The van der Waals surface area contributed by atoms with Crippen LogP contribution in [-0.2, 0) is 26.9 Å². The maximum Gasteiger partial charge on any atom is 0.237 e. The molecule has 1 aromatic heterocycles. The lowest BCUT2D eigenvalue weighted by Crippen LogP contribution is -2.32. The standard InChI is InChI=1S/C23H28N4O3S2/c1-5-26(19-9-7-8-18(4)14-19)22(28)15-31-23-25-24-21(27(23)6-2)16-32(29,30)20-12-10-17(3)11-13-20/h7-14H,5-6,15-16H2,1-4H3. The Morgan fingerprint density at radius 3 is 2.38 bits per heavy atom. The molecule has 0 saturated carbocycles. The Morgan fingerprint density at radius 1 is 1.03 bits per heavy atom. The molecule has 0 radical (unpaired) electrons. The van der Waals surface area contributed by atoms with Gasteiger partial charge >= 0.3 is 0 Å². The molecule has 3 aromatic rings. The molecule has 0 N–H and O–H groups in total. The van der Waals surface area contributed by atoms with Crippen LogP contribution in [0.2, 0.25) is 0 Å². The van der Waals surface area contributed by atoms with Crippen LogP contribution in [0.1, 0.15) is 30.8 Å². The predicted molar refractivity (Wildman–Crippen MR) is 128 cm³/mol. The van der Waals surface area contributed by atoms with Gasteiger partial charge in [0.25, 0.3) is 0 Å². The first-order chi connectivity index (χ1) is 15.2. The van der Waals surface area contributed by atoms with E-state index in [0.717, 1.165) is 16.8 Å². The fourth-order valence-electron chi connectivity index (χ4n) is 3.35. The van der Waals surface area contributed by atoms with Crippen molar-refractivity contribution in [2.75, 3.05) is 17.2 Å². The second kappa shape index (κ2) is 10.3. The Morgan fingerprint density at radius 2 is 1.75 bits per heavy atom. The molecule has 0 aliphatic carbocycles. The zero-order valence-corrected chi connectivity index (χ0v) is 20.4. The molecule has 0 spiro atoms. The van der Waals surface area contributed by atoms with E-state index in [1.807, 2.05) is 52.0 Å². The molecule has 1 heterocycles. The molecule has 9 heteroatoms. The molecule has 0 atom stereocenters. The van der Waals surface area contributed by atoms with Crippen LogP contribution in [0, 0.1) is 13.8 Å². The molecule has 32 heavy (non-hydrogen) atoms. The predicted octanol–water partition coefficient (Wildman–Crippen LogP) is 4.03. The summed E-state index contributed by atoms with van der Waals surface area (Å²) in [6.45, 7) is 8.82. The zero-order chi connectivity index (χ0) is 23.3. The third kappa shape index (κ3) is 5.58. The molecule has 0 fully saturated rings. The molecule has 0 unspecified atom stereocenters. The maximum atomic E-state index is 12.9. The second-order valence-electron chi connectivity index (χ2n) is 7.48. The van der Waals surface area contributed by atoms with Gasteiger partial charge in [0.05, 0.1) is 10.6 Å². The molecular formula is C23H28N4O3S2. The molecule has 0 bridgehead atoms. The van der Waals surface area contributed by atoms with Gasteiger partial charge in [0, 0.05) is 18.8 Å². The van der Waals surface area contributed by atoms with Gasteiger partial charge in [0.1, 0.15) is 11.6 Å². The molecule has 170 valence electrons. The van der Waals surface area contributed by atoms with Crippen molar-refractivity contribution in [3.8, 4) is 0 Å². The molecule has 0 saturated heterocycles. The number of carbonyl (C=O) groups is 1. The van der Waals surface area contributed by atoms with E-state index in [9.17, 15) is 13.2 Å². The lowest BCUT2D eigenvalue weighted by Gasteiger charge is -2.21. The number of hydrogen-bond donors (Lipinski definition) is 0. The number of aromatic nitrogens is 3. The minimum Gasteiger partial charge on any atom is -0.312 e. The number of carbonyl (C=O) groups excluding carboxylic acids is 1. The molecule has 2 aromatic carbocycles. The van der Waals surface area contributed by atoms with Crippen molar-refractivity contribution in [1.82, 2.24) is 14.8 Å². The van der Waals surface area contributed by atoms with Gasteiger partial charge in [0.2, 0.25) is 5.91 Å². The number of nitrogens with zero attached hydrogens (tertiary/aromatic N) is 4. The van der Waals surface area contributed by atoms with Crippen molar-refractivity contribution in [3.05, 3.63) is 65.5 Å². The Kier molecular flexibility index (Phi) is 7.73. The number of amides is 1. The number of rotatable bonds is 9. The van der Waals surface area contributed by atoms with Crippen molar-refractivity contribution in [2.45, 2.75) is 50.0 Å². The number of thioether (sulfide) groups is 1. The number of anilines is 1. The van der Waals surface area contributed by atoms with Crippen molar-refractivity contribution in [3.63, 3.8) is 0 Å². The van der Waals surface area contributed by atoms with Gasteiger partial charge in [0.15, 0.2) is 15.0 Å². The van der Waals surface area contributed by atoms with Crippen molar-refractivity contribution >= 4 is 33.2 Å². The van der Waals surface area contributed by atoms with E-state index in [0.29, 0.717) is 24.1 Å². The van der Waals surface area contributed by atoms with E-state index in [1.54, 1.807) is 33.7 Å². The van der Waals surface area contributed by atoms with Gasteiger partial charge in [-0.15, -0.1) is 10.2 Å². The van der Waals surface area contributed by atoms with Crippen molar-refractivity contribution in [2.24, 2.45) is 0 Å². The third-order valence-electron chi connectivity index (χ3n) is 5.06. The van der Waals surface area contributed by atoms with E-state index in [1.165, 1.54) is 11.8 Å². The Labute approximate surface area is 193 Å². The minimum absolute atomic E-state index is 0.0393. The summed E-state index contributed by atoms with van der Waals surface area (Å²) in [6, 6.07) is 14.6. The maximum absolute atomic E-state index is 12.9. The number of aryl methyl sites for hydroxylation is 2. The average Bonchev–Trinajstić information content (AvgIpc) is 3.14. The molecule has 7 nitrogen and oxygen atoms in total. The Balaban J connectivity index is 1.73. The van der Waals surface area contributed by atoms with Crippen LogP contribution >= 0.6 is 11.8 Å². The van der Waals surface area contributed by atoms with Crippen LogP contribution < -0.4 is 4.90 Å². The van der Waals surface area contributed by atoms with Gasteiger partial charge in [-0.05, 0) is 57.5 Å². The summed E-state index contributed by atoms with van der Waals surface area (Å²) in [5.41, 5.74) is 2.95. The van der Waals surface area contributed by atoms with Crippen LogP contribution in [0.5, 0.6) is 0 Å². The summed E-state index contributed by atoms with van der Waals surface area (Å²) in [5, 5.41) is 8.82. The highest BCUT2D eigenvalue weighted by molar-refractivity contribution is 7.99. The molecule has 0 aliphatic heterocycles. The molecule has 1 amide bonds. The van der Waals surface area contributed by atoms with Gasteiger partial charge in [-0.25, -0.2) is 8.42 Å². The first-order valence-corrected chi connectivity index (χ1v) is 13.1. The number of sulfone groups is 1. The second-order valence-corrected chi connectivity index (χ2v) is 10.4. The third-order valence-corrected chi connectivity index (χ3v) is 7.64. The SMILES string of the molecule is CCN(C(=O)CSc1nnc(CS(=O)(=O)c2ccc(C)cc2)n1CC)c1cccc(C)c1. The summed E-state index contributed by atoms with van der Waals surface area (Å²) < 4.78 is 27.4. The molecule has 3 rings (SSSR count). The van der Waals surface area contributed by atoms with Crippen LogP contribution in [0.25, 0.3) is 0 Å². The summed E-state index contributed by atoms with van der Waals surface area (Å²) in [6.07, 6.45) is 0. The highest BCUT2D eigenvalue weighted by atomic mass is 32.2. The van der Waals surface area contributed by atoms with E-state index < -0.39 is 9.84 Å². The monoisotopic (exact) mass is 472 g/mol. The first kappa shape index (κ1) is 24.0. The van der Waals surface area contributed by atoms with Crippen LogP contribution in [0.3, 0.4) is 0 Å². The van der Waals surface area contributed by atoms with E-state index in [4.69, 9.17) is 0 Å². The van der Waals surface area contributed by atoms with E-state index in [2.05, 4.69) is 10.2 Å². The smallest absolute Gasteiger partial charge is 0.237 e. The lowest BCUT2D eigenvalue weighted by atomic mass is 10.2. The summed E-state index contributed by atoms with van der Waals surface area (Å²) >= 11 is 1.27. The highest BCUT2D eigenvalue weighted by Gasteiger charge is 2.22. The average molecular weight is 473 g/mol. The van der Waals surface area contributed by atoms with Gasteiger partial charge in [-0.2, -0.15) is 0 Å². The largest absolute Gasteiger partial charge is 0.312 e. The van der Waals surface area contributed by atoms with E-state index in [-0.39, 0.29) is 22.3 Å². The van der Waals surface area contributed by atoms with Crippen LogP contribution in [0.4, 0.5) is 5.69 Å². The number of benzene rings is 2. The fourth-order valence-corrected chi connectivity index (χ4v) is 5.52. The van der Waals surface area contributed by atoms with Crippen molar-refractivity contribution < 1.29 is 13.2 Å². The first-order valence-electron chi connectivity index (χ1n) is 10.5. The Hall–Kier alpha value is -2.65. The summed E-state index contributed by atoms with van der Waals surface area (Å²) in [4.78, 5) is 14.8. The zero-order valence-electron chi connectivity index (χ0n) is 18.8. The minimum atomic E-state index is -3.55. The van der Waals surface area contributed by atoms with Gasteiger partial charge in [-0.1, -0.05) is 41.6 Å². The lowest BCUT2D eigenvalue weighted by molar-refractivity contribution is -0.116. The van der Waals surface area contributed by atoms with Crippen LogP contribution in [-0.4, -0.2) is 41.4 Å². The van der Waals surface area contributed by atoms with Gasteiger partial charge < -0.3 is 9.47 Å². The summed E-state index contributed by atoms with van der Waals surface area (Å²) in [5.74, 6) is 0.275. The van der Waals surface area contributed by atoms with E-state index >= 15 is 0 Å². The topological polar surface area (TPSA) is 85.2 Å². The van der Waals surface area contributed by atoms with Gasteiger partial charge in [-0.3, -0.25) is 4.79 Å². The van der Waals surface area contributed by atoms with Crippen molar-refractivity contribution in [1.29, 1.82) is 0 Å². The molecule has 0 aliphatic rings. The molecular weight excluding hydrogens is 444 g/mol. The highest BCUT2D eigenvalue weighted by Crippen LogP contribution is 2.23. The normalized spacial score (nSPS) is 11.5.